The van der Waals surface area contributed by atoms with E-state index in [1.54, 1.807) is 0 Å². The third-order valence-corrected chi connectivity index (χ3v) is 9.42. The van der Waals surface area contributed by atoms with Crippen molar-refractivity contribution in [3.8, 4) is 0 Å². The summed E-state index contributed by atoms with van der Waals surface area (Å²) in [6.45, 7) is 1.48. The molecular weight excluding hydrogens is 679 g/mol. The predicted octanol–water partition coefficient (Wildman–Crippen LogP) is 6.37. The summed E-state index contributed by atoms with van der Waals surface area (Å²) in [5.74, 6) is -0.376. The van der Waals surface area contributed by atoms with Gasteiger partial charge in [-0.3, -0.25) is 8.98 Å². The second-order valence-electron chi connectivity index (χ2n) is 12.7. The highest BCUT2D eigenvalue weighted by molar-refractivity contribution is 7.86. The van der Waals surface area contributed by atoms with Crippen LogP contribution in [0.15, 0.2) is 152 Å². The molecule has 1 aliphatic heterocycles. The summed E-state index contributed by atoms with van der Waals surface area (Å²) < 4.78 is 58.4. The van der Waals surface area contributed by atoms with E-state index < -0.39 is 46.4 Å². The fourth-order valence-corrected chi connectivity index (χ4v) is 7.22. The minimum atomic E-state index is -4.08. The lowest BCUT2D eigenvalue weighted by atomic mass is 9.80. The Morgan fingerprint density at radius 3 is 1.50 bits per heavy atom. The number of hydrogen-bond acceptors (Lipinski definition) is 8. The van der Waals surface area contributed by atoms with Gasteiger partial charge in [0, 0.05) is 6.92 Å². The van der Waals surface area contributed by atoms with Crippen LogP contribution in [0.25, 0.3) is 0 Å². The smallest absolute Gasteiger partial charge is 0.264 e. The normalized spacial score (nSPS) is 20.6. The summed E-state index contributed by atoms with van der Waals surface area (Å²) in [7, 11) is -4.08. The maximum Gasteiger partial charge on any atom is 0.264 e. The lowest BCUT2D eigenvalue weighted by Gasteiger charge is -2.46. The number of ether oxygens (including phenoxy) is 4. The molecule has 1 heterocycles. The molecule has 5 atom stereocenters. The van der Waals surface area contributed by atoms with Crippen LogP contribution in [-0.2, 0) is 56.9 Å². The lowest BCUT2D eigenvalue weighted by Crippen LogP contribution is -2.66. The summed E-state index contributed by atoms with van der Waals surface area (Å²) in [5, 5.41) is 2.91. The first-order valence-electron chi connectivity index (χ1n) is 17.2. The van der Waals surface area contributed by atoms with Crippen molar-refractivity contribution in [2.75, 3.05) is 12.9 Å². The molecule has 0 unspecified atom stereocenters. The summed E-state index contributed by atoms with van der Waals surface area (Å²) in [4.78, 5) is 12.7. The van der Waals surface area contributed by atoms with E-state index in [0.717, 1.165) is 34.1 Å². The molecule has 1 N–H and O–H groups in total. The minimum Gasteiger partial charge on any atom is -0.368 e. The molecule has 0 bridgehead atoms. The summed E-state index contributed by atoms with van der Waals surface area (Å²) in [5.41, 5.74) is 3.15. The number of carbonyl (C=O) groups excluding carboxylic acids is 1. The molecule has 1 saturated heterocycles. The molecule has 9 nitrogen and oxygen atoms in total. The van der Waals surface area contributed by atoms with E-state index in [4.69, 9.17) is 23.1 Å². The van der Waals surface area contributed by atoms with Gasteiger partial charge in [0.1, 0.15) is 30.0 Å². The maximum absolute atomic E-state index is 13.0. The Bertz CT molecular complexity index is 1850. The number of nitrogens with one attached hydrogen (secondary N) is 1. The van der Waals surface area contributed by atoms with Gasteiger partial charge in [0.05, 0.1) is 26.1 Å². The van der Waals surface area contributed by atoms with Crippen LogP contribution in [0.5, 0.6) is 0 Å². The molecular formula is C42H43NO8S. The Kier molecular flexibility index (Phi) is 12.3. The summed E-state index contributed by atoms with van der Waals surface area (Å²) >= 11 is 0. The van der Waals surface area contributed by atoms with Crippen LogP contribution < -0.4 is 5.32 Å². The van der Waals surface area contributed by atoms with E-state index in [9.17, 15) is 13.2 Å². The van der Waals surface area contributed by atoms with Crippen molar-refractivity contribution in [3.63, 3.8) is 0 Å². The standard InChI is InChI=1S/C42H43NO8S/c1-31(44)43-38-40(47-28-32-18-8-3-9-19-32)39(51-52(2,45)46)37(50-41(38)48-29-33-20-10-4-11-21-33)30-49-42(34-22-12-5-13-23-34,35-24-14-6-15-25-35)36-26-16-7-17-27-36/h3-27,37-41H,28-30H2,1-2H3,(H,43,44)/t37-,38+,39-,40-,41+/m1/s1. The second-order valence-corrected chi connectivity index (χ2v) is 14.3. The Hall–Kier alpha value is -4.68. The molecule has 6 rings (SSSR count). The molecule has 5 aromatic rings. The average Bonchev–Trinajstić information content (AvgIpc) is 3.16. The highest BCUT2D eigenvalue weighted by atomic mass is 32.2. The van der Waals surface area contributed by atoms with Gasteiger partial charge in [-0.1, -0.05) is 152 Å². The van der Waals surface area contributed by atoms with E-state index in [1.807, 2.05) is 152 Å². The zero-order valence-corrected chi connectivity index (χ0v) is 29.9. The highest BCUT2D eigenvalue weighted by Gasteiger charge is 2.51. The van der Waals surface area contributed by atoms with Crippen molar-refractivity contribution in [3.05, 3.63) is 179 Å². The monoisotopic (exact) mass is 721 g/mol. The number of benzene rings is 5. The second kappa shape index (κ2) is 17.2. The fraction of sp³-hybridized carbons (Fsp3) is 0.262. The first kappa shape index (κ1) is 37.1. The van der Waals surface area contributed by atoms with Crippen LogP contribution in [0.2, 0.25) is 0 Å². The molecule has 5 aromatic carbocycles. The molecule has 52 heavy (non-hydrogen) atoms. The van der Waals surface area contributed by atoms with Gasteiger partial charge in [0.2, 0.25) is 5.91 Å². The fourth-order valence-electron chi connectivity index (χ4n) is 6.58. The molecule has 0 aromatic heterocycles. The van der Waals surface area contributed by atoms with E-state index in [0.29, 0.717) is 0 Å². The first-order chi connectivity index (χ1) is 25.2. The number of hydrogen-bond donors (Lipinski definition) is 1. The quantitative estimate of drug-likeness (QED) is 0.0982. The SMILES string of the molecule is CC(=O)N[C@@H]1[C@@H](OCc2ccccc2)O[C@H](COC(c2ccccc2)(c2ccccc2)c2ccccc2)[C@@H](OS(C)(=O)=O)[C@@H]1OCc1ccccc1. The van der Waals surface area contributed by atoms with Gasteiger partial charge in [0.25, 0.3) is 10.1 Å². The molecule has 1 aliphatic rings. The maximum atomic E-state index is 13.0. The third kappa shape index (κ3) is 9.21. The van der Waals surface area contributed by atoms with Crippen LogP contribution in [0.4, 0.5) is 0 Å². The van der Waals surface area contributed by atoms with Gasteiger partial charge < -0.3 is 24.3 Å². The Balaban J connectivity index is 1.43. The van der Waals surface area contributed by atoms with Gasteiger partial charge >= 0.3 is 0 Å². The van der Waals surface area contributed by atoms with Crippen molar-refractivity contribution in [2.45, 2.75) is 56.4 Å². The molecule has 0 radical (unpaired) electrons. The minimum absolute atomic E-state index is 0.103. The van der Waals surface area contributed by atoms with Gasteiger partial charge in [-0.25, -0.2) is 0 Å². The number of amides is 1. The lowest BCUT2D eigenvalue weighted by molar-refractivity contribution is -0.282. The van der Waals surface area contributed by atoms with Gasteiger partial charge in [-0.15, -0.1) is 0 Å². The van der Waals surface area contributed by atoms with E-state index in [1.165, 1.54) is 6.92 Å². The molecule has 0 spiro atoms. The van der Waals surface area contributed by atoms with Crippen molar-refractivity contribution < 1.29 is 36.3 Å². The van der Waals surface area contributed by atoms with Crippen LogP contribution >= 0.6 is 0 Å². The zero-order chi connectivity index (χ0) is 36.4. The molecule has 270 valence electrons. The molecule has 10 heteroatoms. The predicted molar refractivity (Wildman–Crippen MR) is 197 cm³/mol. The van der Waals surface area contributed by atoms with Crippen molar-refractivity contribution in [1.29, 1.82) is 0 Å². The van der Waals surface area contributed by atoms with E-state index in [2.05, 4.69) is 5.32 Å². The van der Waals surface area contributed by atoms with Crippen molar-refractivity contribution in [1.82, 2.24) is 5.32 Å². The highest BCUT2D eigenvalue weighted by Crippen LogP contribution is 2.41. The van der Waals surface area contributed by atoms with Crippen LogP contribution in [-0.4, -0.2) is 57.8 Å². The topological polar surface area (TPSA) is 109 Å². The molecule has 0 aliphatic carbocycles. The Labute approximate surface area is 305 Å². The van der Waals surface area contributed by atoms with Crippen LogP contribution in [0, 0.1) is 0 Å². The number of rotatable bonds is 15. The van der Waals surface area contributed by atoms with E-state index in [-0.39, 0.29) is 25.7 Å². The molecule has 1 fully saturated rings. The molecule has 0 saturated carbocycles. The third-order valence-electron chi connectivity index (χ3n) is 8.85. The molecule has 1 amide bonds. The van der Waals surface area contributed by atoms with Crippen molar-refractivity contribution in [2.24, 2.45) is 0 Å². The largest absolute Gasteiger partial charge is 0.368 e. The van der Waals surface area contributed by atoms with Gasteiger partial charge in [-0.2, -0.15) is 8.42 Å². The van der Waals surface area contributed by atoms with Gasteiger partial charge in [-0.05, 0) is 27.8 Å². The van der Waals surface area contributed by atoms with Crippen LogP contribution in [0.3, 0.4) is 0 Å². The van der Waals surface area contributed by atoms with E-state index >= 15 is 0 Å². The average molecular weight is 722 g/mol. The Morgan fingerprint density at radius 2 is 1.08 bits per heavy atom. The summed E-state index contributed by atoms with van der Waals surface area (Å²) in [6.07, 6.45) is -3.42. The Morgan fingerprint density at radius 1 is 0.654 bits per heavy atom. The summed E-state index contributed by atoms with van der Waals surface area (Å²) in [6, 6.07) is 47.6. The van der Waals surface area contributed by atoms with Crippen LogP contribution in [0.1, 0.15) is 34.7 Å². The van der Waals surface area contributed by atoms with Gasteiger partial charge in [0.15, 0.2) is 6.29 Å². The first-order valence-corrected chi connectivity index (χ1v) is 19.0. The van der Waals surface area contributed by atoms with Crippen molar-refractivity contribution >= 4 is 16.0 Å². The zero-order valence-electron chi connectivity index (χ0n) is 29.1. The number of carbonyl (C=O) groups is 1.